The van der Waals surface area contributed by atoms with Crippen molar-refractivity contribution in [2.45, 2.75) is 25.0 Å². The van der Waals surface area contributed by atoms with Crippen LogP contribution in [0, 0.1) is 0 Å². The summed E-state index contributed by atoms with van der Waals surface area (Å²) in [5.41, 5.74) is 5.66. The average Bonchev–Trinajstić information content (AvgIpc) is 3.48. The molecule has 7 nitrogen and oxygen atoms in total. The summed E-state index contributed by atoms with van der Waals surface area (Å²) in [6.45, 7) is 2.83. The van der Waals surface area contributed by atoms with Gasteiger partial charge in [0.15, 0.2) is 0 Å². The van der Waals surface area contributed by atoms with Gasteiger partial charge in [0.05, 0.1) is 5.69 Å². The molecule has 6 rings (SSSR count). The lowest BCUT2D eigenvalue weighted by molar-refractivity contribution is -0.118. The largest absolute Gasteiger partial charge is 0.324 e. The fraction of sp³-hybridized carbons (Fsp3) is 0.171. The van der Waals surface area contributed by atoms with Crippen LogP contribution in [0.1, 0.15) is 23.6 Å². The van der Waals surface area contributed by atoms with Crippen LogP contribution >= 0.6 is 0 Å². The molecule has 2 unspecified atom stereocenters. The molecule has 0 saturated carbocycles. The van der Waals surface area contributed by atoms with Crippen LogP contribution in [0.3, 0.4) is 0 Å². The molecule has 1 saturated heterocycles. The lowest BCUT2D eigenvalue weighted by atomic mass is 10.0. The molecule has 0 aliphatic carbocycles. The standard InChI is InChI=1S/C35H34N6O/c42-34(33(28-12-6-2-7-13-28)37-31-21-23-41(25-31)24-26-10-4-1-5-11-26)38-30-18-16-27(17-19-30)32-20-22-36-35(40-32)39-29-14-8-3-9-15-29/h1-20,22,31,33,37H,21,23-25H2,(H,38,42)(H,36,39,40). The second-order valence-electron chi connectivity index (χ2n) is 10.5. The van der Waals surface area contributed by atoms with Crippen molar-refractivity contribution < 1.29 is 4.79 Å². The van der Waals surface area contributed by atoms with Gasteiger partial charge in [-0.3, -0.25) is 15.0 Å². The van der Waals surface area contributed by atoms with Gasteiger partial charge in [0.25, 0.3) is 0 Å². The molecular weight excluding hydrogens is 520 g/mol. The smallest absolute Gasteiger partial charge is 0.246 e. The van der Waals surface area contributed by atoms with E-state index in [1.165, 1.54) is 5.56 Å². The number of benzene rings is 4. The molecule has 2 atom stereocenters. The summed E-state index contributed by atoms with van der Waals surface area (Å²) in [4.78, 5) is 25.1. The summed E-state index contributed by atoms with van der Waals surface area (Å²) in [5.74, 6) is 0.453. The molecule has 1 aliphatic heterocycles. The summed E-state index contributed by atoms with van der Waals surface area (Å²) in [7, 11) is 0. The topological polar surface area (TPSA) is 82.2 Å². The lowest BCUT2D eigenvalue weighted by Gasteiger charge is -2.23. The van der Waals surface area contributed by atoms with Crippen LogP contribution in [0.25, 0.3) is 11.3 Å². The minimum Gasteiger partial charge on any atom is -0.324 e. The van der Waals surface area contributed by atoms with Gasteiger partial charge in [0, 0.05) is 48.8 Å². The monoisotopic (exact) mass is 554 g/mol. The van der Waals surface area contributed by atoms with E-state index in [9.17, 15) is 4.79 Å². The number of hydrogen-bond acceptors (Lipinski definition) is 6. The molecule has 1 aromatic heterocycles. The molecule has 2 heterocycles. The van der Waals surface area contributed by atoms with Gasteiger partial charge in [-0.05, 0) is 47.9 Å². The average molecular weight is 555 g/mol. The summed E-state index contributed by atoms with van der Waals surface area (Å²) in [6, 6.07) is 39.7. The first-order valence-corrected chi connectivity index (χ1v) is 14.3. The van der Waals surface area contributed by atoms with Crippen molar-refractivity contribution in [1.82, 2.24) is 20.2 Å². The molecule has 0 radical (unpaired) electrons. The van der Waals surface area contributed by atoms with E-state index in [1.54, 1.807) is 6.20 Å². The van der Waals surface area contributed by atoms with Crippen molar-refractivity contribution in [3.05, 3.63) is 139 Å². The van der Waals surface area contributed by atoms with Crippen LogP contribution in [-0.2, 0) is 11.3 Å². The molecular formula is C35H34N6O. The Morgan fingerprint density at radius 1 is 0.810 bits per heavy atom. The zero-order chi connectivity index (χ0) is 28.6. The number of para-hydroxylation sites is 1. The van der Waals surface area contributed by atoms with Gasteiger partial charge in [-0.1, -0.05) is 91.0 Å². The maximum absolute atomic E-state index is 13.6. The summed E-state index contributed by atoms with van der Waals surface area (Å²) < 4.78 is 0. The molecule has 0 bridgehead atoms. The van der Waals surface area contributed by atoms with Crippen LogP contribution in [-0.4, -0.2) is 39.9 Å². The van der Waals surface area contributed by atoms with Gasteiger partial charge in [0.1, 0.15) is 6.04 Å². The molecule has 7 heteroatoms. The fourth-order valence-corrected chi connectivity index (χ4v) is 5.33. The second kappa shape index (κ2) is 13.2. The zero-order valence-corrected chi connectivity index (χ0v) is 23.4. The first-order chi connectivity index (χ1) is 20.7. The Kier molecular flexibility index (Phi) is 8.59. The van der Waals surface area contributed by atoms with E-state index < -0.39 is 6.04 Å². The predicted molar refractivity (Wildman–Crippen MR) is 168 cm³/mol. The van der Waals surface area contributed by atoms with E-state index in [2.05, 4.69) is 55.1 Å². The van der Waals surface area contributed by atoms with Gasteiger partial charge in [-0.2, -0.15) is 0 Å². The molecule has 4 aromatic carbocycles. The maximum atomic E-state index is 13.6. The number of amides is 1. The summed E-state index contributed by atoms with van der Waals surface area (Å²) in [5, 5.41) is 10.0. The molecule has 1 amide bonds. The zero-order valence-electron chi connectivity index (χ0n) is 23.4. The van der Waals surface area contributed by atoms with Crippen molar-refractivity contribution >= 4 is 23.2 Å². The van der Waals surface area contributed by atoms with Crippen molar-refractivity contribution in [3.8, 4) is 11.3 Å². The first kappa shape index (κ1) is 27.3. The Bertz CT molecular complexity index is 1580. The van der Waals surface area contributed by atoms with Crippen molar-refractivity contribution in [2.24, 2.45) is 0 Å². The highest BCUT2D eigenvalue weighted by Crippen LogP contribution is 2.24. The molecule has 1 fully saturated rings. The highest BCUT2D eigenvalue weighted by atomic mass is 16.2. The molecule has 5 aromatic rings. The Morgan fingerprint density at radius 3 is 2.24 bits per heavy atom. The lowest BCUT2D eigenvalue weighted by Crippen LogP contribution is -2.41. The summed E-state index contributed by atoms with van der Waals surface area (Å²) >= 11 is 0. The second-order valence-corrected chi connectivity index (χ2v) is 10.5. The predicted octanol–water partition coefficient (Wildman–Crippen LogP) is 6.43. The highest BCUT2D eigenvalue weighted by molar-refractivity contribution is 5.95. The number of anilines is 3. The Morgan fingerprint density at radius 2 is 1.50 bits per heavy atom. The Balaban J connectivity index is 1.11. The first-order valence-electron chi connectivity index (χ1n) is 14.3. The third kappa shape index (κ3) is 7.07. The van der Waals surface area contributed by atoms with E-state index >= 15 is 0 Å². The third-order valence-electron chi connectivity index (χ3n) is 7.45. The van der Waals surface area contributed by atoms with Crippen molar-refractivity contribution in [1.29, 1.82) is 0 Å². The van der Waals surface area contributed by atoms with E-state index in [-0.39, 0.29) is 11.9 Å². The van der Waals surface area contributed by atoms with Gasteiger partial charge in [-0.25, -0.2) is 9.97 Å². The van der Waals surface area contributed by atoms with Crippen LogP contribution in [0.2, 0.25) is 0 Å². The number of rotatable bonds is 10. The van der Waals surface area contributed by atoms with Gasteiger partial charge < -0.3 is 10.6 Å². The molecule has 0 spiro atoms. The Labute approximate surface area is 246 Å². The van der Waals surface area contributed by atoms with Crippen LogP contribution in [0.4, 0.5) is 17.3 Å². The number of carbonyl (C=O) groups is 1. The molecule has 42 heavy (non-hydrogen) atoms. The minimum absolute atomic E-state index is 0.0770. The van der Waals surface area contributed by atoms with E-state index in [1.807, 2.05) is 97.1 Å². The molecule has 1 aliphatic rings. The fourth-order valence-electron chi connectivity index (χ4n) is 5.33. The van der Waals surface area contributed by atoms with E-state index in [4.69, 9.17) is 0 Å². The van der Waals surface area contributed by atoms with E-state index in [0.717, 1.165) is 54.3 Å². The minimum atomic E-state index is -0.457. The van der Waals surface area contributed by atoms with Gasteiger partial charge in [0.2, 0.25) is 11.9 Å². The third-order valence-corrected chi connectivity index (χ3v) is 7.45. The quantitative estimate of drug-likeness (QED) is 0.185. The van der Waals surface area contributed by atoms with Crippen LogP contribution < -0.4 is 16.0 Å². The van der Waals surface area contributed by atoms with Crippen molar-refractivity contribution in [3.63, 3.8) is 0 Å². The normalized spacial score (nSPS) is 15.7. The van der Waals surface area contributed by atoms with E-state index in [0.29, 0.717) is 5.95 Å². The van der Waals surface area contributed by atoms with Gasteiger partial charge >= 0.3 is 0 Å². The van der Waals surface area contributed by atoms with Crippen molar-refractivity contribution in [2.75, 3.05) is 23.7 Å². The summed E-state index contributed by atoms with van der Waals surface area (Å²) in [6.07, 6.45) is 2.74. The maximum Gasteiger partial charge on any atom is 0.246 e. The number of nitrogens with zero attached hydrogens (tertiary/aromatic N) is 3. The van der Waals surface area contributed by atoms with Gasteiger partial charge in [-0.15, -0.1) is 0 Å². The van der Waals surface area contributed by atoms with Crippen LogP contribution in [0.15, 0.2) is 128 Å². The number of carbonyl (C=O) groups excluding carboxylic acids is 1. The number of likely N-dealkylation sites (tertiary alicyclic amines) is 1. The SMILES string of the molecule is O=C(Nc1ccc(-c2ccnc(Nc3ccccc3)n2)cc1)C(NC1CCN(Cc2ccccc2)C1)c1ccccc1. The van der Waals surface area contributed by atoms with Crippen LogP contribution in [0.5, 0.6) is 0 Å². The molecule has 3 N–H and O–H groups in total. The Hall–Kier alpha value is -4.85. The molecule has 210 valence electrons. The number of aromatic nitrogens is 2. The number of nitrogens with one attached hydrogen (secondary N) is 3. The number of hydrogen-bond donors (Lipinski definition) is 3. The highest BCUT2D eigenvalue weighted by Gasteiger charge is 2.28.